The molecule has 180 valence electrons. The van der Waals surface area contributed by atoms with E-state index in [1.165, 1.54) is 0 Å². The number of halogens is 1. The van der Waals surface area contributed by atoms with Crippen molar-refractivity contribution in [3.05, 3.63) is 88.1 Å². The number of hydrogen-bond donors (Lipinski definition) is 2. The van der Waals surface area contributed by atoms with Crippen molar-refractivity contribution < 1.29 is 19.0 Å². The molecule has 1 aliphatic heterocycles. The lowest BCUT2D eigenvalue weighted by molar-refractivity contribution is -0.116. The van der Waals surface area contributed by atoms with Crippen LogP contribution < -0.4 is 24.8 Å². The van der Waals surface area contributed by atoms with E-state index >= 15 is 0 Å². The van der Waals surface area contributed by atoms with E-state index in [-0.39, 0.29) is 11.7 Å². The van der Waals surface area contributed by atoms with Crippen LogP contribution in [0.5, 0.6) is 17.2 Å². The van der Waals surface area contributed by atoms with Crippen LogP contribution in [0.1, 0.15) is 35.9 Å². The average molecular weight is 491 g/mol. The normalized spacial score (nSPS) is 19.0. The predicted octanol–water partition coefficient (Wildman–Crippen LogP) is 6.35. The monoisotopic (exact) mass is 490 g/mol. The Morgan fingerprint density at radius 3 is 2.23 bits per heavy atom. The van der Waals surface area contributed by atoms with Crippen LogP contribution in [0.4, 0.5) is 11.4 Å². The fourth-order valence-corrected chi connectivity index (χ4v) is 5.17. The van der Waals surface area contributed by atoms with E-state index in [0.29, 0.717) is 40.7 Å². The van der Waals surface area contributed by atoms with Crippen molar-refractivity contribution in [3.8, 4) is 17.2 Å². The van der Waals surface area contributed by atoms with Crippen LogP contribution in [0.15, 0.2) is 71.9 Å². The molecule has 0 saturated carbocycles. The molecule has 2 N–H and O–H groups in total. The number of allylic oxidation sites excluding steroid dienone is 1. The summed E-state index contributed by atoms with van der Waals surface area (Å²) < 4.78 is 16.9. The zero-order valence-electron chi connectivity index (χ0n) is 19.9. The van der Waals surface area contributed by atoms with Gasteiger partial charge in [-0.2, -0.15) is 0 Å². The Morgan fingerprint density at radius 2 is 1.54 bits per heavy atom. The molecule has 1 heterocycles. The summed E-state index contributed by atoms with van der Waals surface area (Å²) in [5, 5.41) is 7.84. The number of ketones is 1. The molecular weight excluding hydrogens is 464 g/mol. The van der Waals surface area contributed by atoms with E-state index < -0.39 is 6.04 Å². The number of benzene rings is 3. The molecule has 7 heteroatoms. The van der Waals surface area contributed by atoms with Gasteiger partial charge in [0, 0.05) is 28.3 Å². The number of hydrogen-bond acceptors (Lipinski definition) is 6. The van der Waals surface area contributed by atoms with Crippen molar-refractivity contribution >= 4 is 28.8 Å². The zero-order valence-corrected chi connectivity index (χ0v) is 20.6. The third-order valence-electron chi connectivity index (χ3n) is 6.70. The number of rotatable bonds is 5. The molecule has 0 amide bonds. The number of fused-ring (bicyclic) bond motifs is 1. The number of ether oxygens (including phenoxy) is 3. The number of nitrogens with one attached hydrogen (secondary N) is 2. The predicted molar refractivity (Wildman–Crippen MR) is 138 cm³/mol. The first kappa shape index (κ1) is 23.1. The fourth-order valence-electron chi connectivity index (χ4n) is 5.05. The smallest absolute Gasteiger partial charge is 0.203 e. The van der Waals surface area contributed by atoms with Crippen LogP contribution in [0.3, 0.4) is 0 Å². The van der Waals surface area contributed by atoms with Crippen LogP contribution >= 0.6 is 11.6 Å². The molecule has 5 rings (SSSR count). The van der Waals surface area contributed by atoms with Gasteiger partial charge in [-0.15, -0.1) is 0 Å². The molecule has 0 fully saturated rings. The first-order valence-corrected chi connectivity index (χ1v) is 11.8. The number of Topliss-reactive ketones (excluding diaryl/α,β-unsaturated/α-hetero) is 1. The maximum atomic E-state index is 13.8. The van der Waals surface area contributed by atoms with E-state index in [0.717, 1.165) is 28.2 Å². The molecule has 0 spiro atoms. The van der Waals surface area contributed by atoms with E-state index in [1.807, 2.05) is 60.7 Å². The Bertz CT molecular complexity index is 1300. The van der Waals surface area contributed by atoms with Crippen LogP contribution in [0.2, 0.25) is 5.02 Å². The second-order valence-corrected chi connectivity index (χ2v) is 9.08. The van der Waals surface area contributed by atoms with Gasteiger partial charge in [0.2, 0.25) is 5.75 Å². The molecule has 3 aromatic rings. The van der Waals surface area contributed by atoms with Crippen molar-refractivity contribution in [3.63, 3.8) is 0 Å². The second kappa shape index (κ2) is 9.55. The lowest BCUT2D eigenvalue weighted by atomic mass is 9.78. The van der Waals surface area contributed by atoms with Crippen molar-refractivity contribution in [1.82, 2.24) is 0 Å². The highest BCUT2D eigenvalue weighted by atomic mass is 35.5. The third kappa shape index (κ3) is 4.19. The van der Waals surface area contributed by atoms with Crippen molar-refractivity contribution in [2.75, 3.05) is 32.0 Å². The quantitative estimate of drug-likeness (QED) is 0.434. The van der Waals surface area contributed by atoms with Crippen molar-refractivity contribution in [2.45, 2.75) is 24.8 Å². The number of anilines is 2. The van der Waals surface area contributed by atoms with E-state index in [4.69, 9.17) is 25.8 Å². The van der Waals surface area contributed by atoms with Crippen molar-refractivity contribution in [1.29, 1.82) is 0 Å². The highest BCUT2D eigenvalue weighted by Gasteiger charge is 2.38. The van der Waals surface area contributed by atoms with Gasteiger partial charge in [0.15, 0.2) is 17.3 Å². The van der Waals surface area contributed by atoms with Crippen LogP contribution in [-0.2, 0) is 4.79 Å². The molecule has 2 atom stereocenters. The van der Waals surface area contributed by atoms with Crippen LogP contribution in [-0.4, -0.2) is 27.1 Å². The average Bonchev–Trinajstić information content (AvgIpc) is 3.04. The van der Waals surface area contributed by atoms with E-state index in [2.05, 4.69) is 10.6 Å². The first-order valence-electron chi connectivity index (χ1n) is 11.5. The molecule has 6 nitrogen and oxygen atoms in total. The van der Waals surface area contributed by atoms with Crippen LogP contribution in [0.25, 0.3) is 0 Å². The molecule has 35 heavy (non-hydrogen) atoms. The van der Waals surface area contributed by atoms with Gasteiger partial charge in [-0.3, -0.25) is 4.79 Å². The number of methoxy groups -OCH3 is 3. The van der Waals surface area contributed by atoms with E-state index in [1.54, 1.807) is 21.3 Å². The maximum absolute atomic E-state index is 13.8. The van der Waals surface area contributed by atoms with Gasteiger partial charge in [0.1, 0.15) is 0 Å². The molecular formula is C28H27ClN2O4. The summed E-state index contributed by atoms with van der Waals surface area (Å²) in [5.74, 6) is 1.73. The summed E-state index contributed by atoms with van der Waals surface area (Å²) in [7, 11) is 4.76. The van der Waals surface area contributed by atoms with Gasteiger partial charge >= 0.3 is 0 Å². The van der Waals surface area contributed by atoms with E-state index in [9.17, 15) is 4.79 Å². The summed E-state index contributed by atoms with van der Waals surface area (Å²) in [6.07, 6.45) is 1.11. The molecule has 3 aromatic carbocycles. The molecule has 0 unspecified atom stereocenters. The van der Waals surface area contributed by atoms with Gasteiger partial charge in [-0.1, -0.05) is 35.9 Å². The van der Waals surface area contributed by atoms with Crippen molar-refractivity contribution in [2.24, 2.45) is 0 Å². The third-order valence-corrected chi connectivity index (χ3v) is 6.95. The molecule has 0 saturated heterocycles. The summed E-state index contributed by atoms with van der Waals surface area (Å²) in [4.78, 5) is 13.8. The highest BCUT2D eigenvalue weighted by Crippen LogP contribution is 2.49. The Labute approximate surface area is 209 Å². The second-order valence-electron chi connectivity index (χ2n) is 8.64. The lowest BCUT2D eigenvalue weighted by Crippen LogP contribution is -2.27. The summed E-state index contributed by atoms with van der Waals surface area (Å²) >= 11 is 6.10. The minimum atomic E-state index is -0.436. The molecule has 0 bridgehead atoms. The summed E-state index contributed by atoms with van der Waals surface area (Å²) in [6.45, 7) is 0. The summed E-state index contributed by atoms with van der Waals surface area (Å²) in [5.41, 5.74) is 5.33. The van der Waals surface area contributed by atoms with Gasteiger partial charge in [0.05, 0.1) is 38.7 Å². The Balaban J connectivity index is 1.66. The largest absolute Gasteiger partial charge is 0.493 e. The summed E-state index contributed by atoms with van der Waals surface area (Å²) in [6, 6.07) is 19.1. The topological polar surface area (TPSA) is 68.8 Å². The minimum absolute atomic E-state index is 0.0595. The number of carbonyl (C=O) groups is 1. The minimum Gasteiger partial charge on any atom is -0.493 e. The Kier molecular flexibility index (Phi) is 6.31. The maximum Gasteiger partial charge on any atom is 0.203 e. The molecule has 2 aliphatic rings. The first-order chi connectivity index (χ1) is 17.0. The van der Waals surface area contributed by atoms with Gasteiger partial charge in [-0.05, 0) is 54.3 Å². The lowest BCUT2D eigenvalue weighted by Gasteiger charge is -2.31. The number of carbonyl (C=O) groups excluding carboxylic acids is 1. The fraction of sp³-hybridized carbons (Fsp3) is 0.250. The molecule has 0 aromatic heterocycles. The van der Waals surface area contributed by atoms with Gasteiger partial charge in [-0.25, -0.2) is 0 Å². The highest BCUT2D eigenvalue weighted by molar-refractivity contribution is 6.30. The molecule has 0 radical (unpaired) electrons. The van der Waals surface area contributed by atoms with Gasteiger partial charge < -0.3 is 24.8 Å². The Morgan fingerprint density at radius 1 is 0.829 bits per heavy atom. The molecule has 1 aliphatic carbocycles. The van der Waals surface area contributed by atoms with Crippen LogP contribution in [0, 0.1) is 0 Å². The SMILES string of the molecule is COc1ccc([C@H]2Nc3ccccc3NC3=C2C(=O)C[C@H](c2ccc(Cl)cc2)C3)c(OC)c1OC. The Hall–Kier alpha value is -3.64. The number of para-hydroxylation sites is 2. The van der Waals surface area contributed by atoms with Gasteiger partial charge in [0.25, 0.3) is 0 Å². The standard InChI is InChI=1S/C28H27ClN2O4/c1-33-24-13-12-19(27(34-2)28(24)35-3)26-25-22(30-20-6-4-5-7-21(20)31-26)14-17(15-23(25)32)16-8-10-18(29)11-9-16/h4-13,17,26,30-31H,14-15H2,1-3H3/t17-,26-/m1/s1. The zero-order chi connectivity index (χ0) is 24.5.